The molecule has 2 aromatic rings. The van der Waals surface area contributed by atoms with Gasteiger partial charge in [-0.25, -0.2) is 8.42 Å². The zero-order valence-electron chi connectivity index (χ0n) is 19.1. The maximum Gasteiger partial charge on any atom is 0.239 e. The molecule has 0 radical (unpaired) electrons. The van der Waals surface area contributed by atoms with Crippen LogP contribution in [0.2, 0.25) is 0 Å². The number of sulfone groups is 1. The monoisotopic (exact) mass is 506 g/mol. The van der Waals surface area contributed by atoms with Gasteiger partial charge in [0.1, 0.15) is 11.5 Å². The highest BCUT2D eigenvalue weighted by molar-refractivity contribution is 7.93. The maximum atomic E-state index is 13.3. The van der Waals surface area contributed by atoms with E-state index in [9.17, 15) is 18.0 Å². The number of nitrogens with two attached hydrogens (primary N) is 1. The number of ether oxygens (including phenoxy) is 2. The van der Waals surface area contributed by atoms with Crippen molar-refractivity contribution in [3.05, 3.63) is 54.1 Å². The summed E-state index contributed by atoms with van der Waals surface area (Å²) >= 11 is 4.24. The second kappa shape index (κ2) is 11.2. The predicted molar refractivity (Wildman–Crippen MR) is 132 cm³/mol. The molecule has 1 aliphatic rings. The smallest absolute Gasteiger partial charge is 0.239 e. The van der Waals surface area contributed by atoms with E-state index in [2.05, 4.69) is 12.8 Å². The number of hydrogen-bond acceptors (Lipinski definition) is 8. The first kappa shape index (κ1) is 26.1. The molecule has 2 N–H and O–H groups in total. The van der Waals surface area contributed by atoms with Crippen LogP contribution in [0.5, 0.6) is 11.5 Å². The lowest BCUT2D eigenvalue weighted by atomic mass is 9.96. The minimum absolute atomic E-state index is 0.0383. The summed E-state index contributed by atoms with van der Waals surface area (Å²) < 4.78 is 37.4. The number of benzene rings is 2. The first-order valence-corrected chi connectivity index (χ1v) is 13.0. The van der Waals surface area contributed by atoms with Crippen LogP contribution in [0, 0.1) is 0 Å². The second-order valence-electron chi connectivity index (χ2n) is 8.24. The third-order valence-corrected chi connectivity index (χ3v) is 9.05. The van der Waals surface area contributed by atoms with Gasteiger partial charge >= 0.3 is 0 Å². The Kier molecular flexibility index (Phi) is 8.62. The van der Waals surface area contributed by atoms with Crippen LogP contribution in [0.15, 0.2) is 53.4 Å². The lowest BCUT2D eigenvalue weighted by molar-refractivity contribution is -0.121. The van der Waals surface area contributed by atoms with Crippen molar-refractivity contribution in [3.63, 3.8) is 0 Å². The van der Waals surface area contributed by atoms with Gasteiger partial charge in [0, 0.05) is 25.1 Å². The minimum atomic E-state index is -3.97. The molecule has 3 rings (SSSR count). The number of hydrogen-bond donors (Lipinski definition) is 2. The molecule has 0 unspecified atom stereocenters. The highest BCUT2D eigenvalue weighted by Gasteiger charge is 2.51. The summed E-state index contributed by atoms with van der Waals surface area (Å²) in [5.74, 6) is 0.443. The maximum absolute atomic E-state index is 13.3. The Hall–Kier alpha value is -2.56. The number of nitrogens with zero attached hydrogens (tertiary/aromatic N) is 1. The van der Waals surface area contributed by atoms with E-state index in [-0.39, 0.29) is 23.5 Å². The van der Waals surface area contributed by atoms with Crippen LogP contribution < -0.4 is 15.2 Å². The Labute approximate surface area is 205 Å². The molecule has 10 heteroatoms. The average molecular weight is 507 g/mol. The summed E-state index contributed by atoms with van der Waals surface area (Å²) in [7, 11) is -2.39. The number of Topliss-reactive ketones (excluding diaryl/α,β-unsaturated/α-hetero) is 1. The van der Waals surface area contributed by atoms with Gasteiger partial charge in [-0.15, -0.1) is 0 Å². The molecule has 0 saturated carbocycles. The Morgan fingerprint density at radius 1 is 1.00 bits per heavy atom. The largest absolute Gasteiger partial charge is 0.497 e. The number of carbonyl (C=O) groups excluding carboxylic acids is 2. The Bertz CT molecular complexity index is 1090. The van der Waals surface area contributed by atoms with E-state index >= 15 is 0 Å². The van der Waals surface area contributed by atoms with Gasteiger partial charge in [-0.3, -0.25) is 13.9 Å². The molecule has 0 atom stereocenters. The van der Waals surface area contributed by atoms with Gasteiger partial charge in [-0.2, -0.15) is 0 Å². The van der Waals surface area contributed by atoms with Crippen LogP contribution in [-0.2, 0) is 14.6 Å². The first-order valence-electron chi connectivity index (χ1n) is 11.1. The van der Waals surface area contributed by atoms with Crippen LogP contribution in [0.1, 0.15) is 42.5 Å². The second-order valence-corrected chi connectivity index (χ2v) is 11.1. The van der Waals surface area contributed by atoms with Gasteiger partial charge in [-0.05, 0) is 74.2 Å². The fourth-order valence-corrected chi connectivity index (χ4v) is 6.07. The number of amides is 1. The molecule has 0 aromatic heterocycles. The molecule has 1 fully saturated rings. The number of ketones is 1. The van der Waals surface area contributed by atoms with Crippen molar-refractivity contribution in [2.75, 3.05) is 26.8 Å². The van der Waals surface area contributed by atoms with Crippen LogP contribution in [0.3, 0.4) is 0 Å². The van der Waals surface area contributed by atoms with Crippen molar-refractivity contribution < 1.29 is 27.5 Å². The van der Waals surface area contributed by atoms with E-state index in [0.717, 1.165) is 0 Å². The molecule has 1 amide bonds. The number of primary amides is 1. The molecule has 0 bridgehead atoms. The van der Waals surface area contributed by atoms with Gasteiger partial charge in [0.25, 0.3) is 0 Å². The van der Waals surface area contributed by atoms with Gasteiger partial charge in [0.15, 0.2) is 20.4 Å². The van der Waals surface area contributed by atoms with Crippen molar-refractivity contribution in [2.24, 2.45) is 5.73 Å². The summed E-state index contributed by atoms with van der Waals surface area (Å²) in [5, 5.41) is 0. The topological polar surface area (TPSA) is 116 Å². The number of rotatable bonds is 11. The fourth-order valence-electron chi connectivity index (χ4n) is 3.94. The molecule has 1 saturated heterocycles. The zero-order chi connectivity index (χ0) is 24.8. The molecule has 1 aliphatic heterocycles. The lowest BCUT2D eigenvalue weighted by Crippen LogP contribution is -2.55. The minimum Gasteiger partial charge on any atom is -0.497 e. The zero-order valence-corrected chi connectivity index (χ0v) is 20.8. The molecule has 2 aromatic carbocycles. The Morgan fingerprint density at radius 3 is 2.15 bits per heavy atom. The normalized spacial score (nSPS) is 16.1. The Balaban J connectivity index is 1.51. The average Bonchev–Trinajstić information content (AvgIpc) is 2.84. The summed E-state index contributed by atoms with van der Waals surface area (Å²) in [6, 6.07) is 13.0. The first-order chi connectivity index (χ1) is 16.2. The SMILES string of the molecule is COc1ccc(C(=O)CCCCOc2ccc(S(=O)(=O)C3(C(N)=O)CCN(S)CC3)cc2)cc1. The van der Waals surface area contributed by atoms with Crippen LogP contribution in [-0.4, -0.2) is 56.0 Å². The third-order valence-electron chi connectivity index (χ3n) is 6.12. The number of piperidine rings is 1. The number of methoxy groups -OCH3 is 1. The van der Waals surface area contributed by atoms with Gasteiger partial charge < -0.3 is 15.2 Å². The van der Waals surface area contributed by atoms with Crippen molar-refractivity contribution >= 4 is 34.3 Å². The van der Waals surface area contributed by atoms with E-state index in [1.54, 1.807) is 47.8 Å². The molecule has 8 nitrogen and oxygen atoms in total. The van der Waals surface area contributed by atoms with E-state index < -0.39 is 20.5 Å². The van der Waals surface area contributed by atoms with Gasteiger partial charge in [-0.1, -0.05) is 12.8 Å². The standard InChI is InChI=1S/C24H30N2O6S2/c1-31-19-7-5-18(6-8-19)22(27)4-2-3-17-32-20-9-11-21(12-10-20)34(29,30)24(23(25)28)13-15-26(33)16-14-24/h5-12,33H,2-4,13-17H2,1H3,(H2,25,28). The highest BCUT2D eigenvalue weighted by Crippen LogP contribution is 2.36. The van der Waals surface area contributed by atoms with Crippen molar-refractivity contribution in [1.29, 1.82) is 0 Å². The highest BCUT2D eigenvalue weighted by atomic mass is 32.2. The quantitative estimate of drug-likeness (QED) is 0.273. The van der Waals surface area contributed by atoms with Crippen LogP contribution >= 0.6 is 12.8 Å². The van der Waals surface area contributed by atoms with Crippen molar-refractivity contribution in [1.82, 2.24) is 4.31 Å². The number of thiol groups is 1. The molecule has 184 valence electrons. The summed E-state index contributed by atoms with van der Waals surface area (Å²) in [4.78, 5) is 24.5. The molecule has 0 spiro atoms. The van der Waals surface area contributed by atoms with Crippen LogP contribution in [0.4, 0.5) is 0 Å². The molecule has 34 heavy (non-hydrogen) atoms. The van der Waals surface area contributed by atoms with E-state index in [4.69, 9.17) is 15.2 Å². The van der Waals surface area contributed by atoms with E-state index in [1.165, 1.54) is 12.1 Å². The van der Waals surface area contributed by atoms with Crippen molar-refractivity contribution in [3.8, 4) is 11.5 Å². The Morgan fingerprint density at radius 2 is 1.59 bits per heavy atom. The predicted octanol–water partition coefficient (Wildman–Crippen LogP) is 3.07. The molecule has 0 aliphatic carbocycles. The number of carbonyl (C=O) groups is 2. The molecular weight excluding hydrogens is 476 g/mol. The molecule has 1 heterocycles. The molecular formula is C24H30N2O6S2. The van der Waals surface area contributed by atoms with Gasteiger partial charge in [0.05, 0.1) is 18.6 Å². The van der Waals surface area contributed by atoms with Gasteiger partial charge in [0.2, 0.25) is 5.91 Å². The van der Waals surface area contributed by atoms with Crippen molar-refractivity contribution in [2.45, 2.75) is 41.7 Å². The number of unbranched alkanes of at least 4 members (excludes halogenated alkanes) is 1. The summed E-state index contributed by atoms with van der Waals surface area (Å²) in [5.41, 5.74) is 6.20. The lowest BCUT2D eigenvalue weighted by Gasteiger charge is -2.36. The van der Waals surface area contributed by atoms with Crippen LogP contribution in [0.25, 0.3) is 0 Å². The fraction of sp³-hybridized carbons (Fsp3) is 0.417. The summed E-state index contributed by atoms with van der Waals surface area (Å²) in [6.45, 7) is 1.10. The van der Waals surface area contributed by atoms with E-state index in [0.29, 0.717) is 56.0 Å². The van der Waals surface area contributed by atoms with E-state index in [1.807, 2.05) is 0 Å². The summed E-state index contributed by atoms with van der Waals surface area (Å²) in [6.07, 6.45) is 1.95. The third kappa shape index (κ3) is 5.73.